The molecule has 18 heavy (non-hydrogen) atoms. The molecule has 0 aliphatic rings. The highest BCUT2D eigenvalue weighted by molar-refractivity contribution is 5.95. The lowest BCUT2D eigenvalue weighted by molar-refractivity contribution is 0.0527. The molecule has 2 rings (SSSR count). The third-order valence-electron chi connectivity index (χ3n) is 2.44. The van der Waals surface area contributed by atoms with Crippen LogP contribution >= 0.6 is 0 Å². The van der Waals surface area contributed by atoms with Crippen molar-refractivity contribution in [3.8, 4) is 11.4 Å². The molecule has 4 heteroatoms. The normalized spacial score (nSPS) is 10.1. The first-order valence-corrected chi connectivity index (χ1v) is 5.78. The first-order chi connectivity index (χ1) is 8.72. The highest BCUT2D eigenvalue weighted by atomic mass is 16.5. The average molecular weight is 242 g/mol. The molecule has 0 unspecified atom stereocenters. The number of pyridine rings is 2. The van der Waals surface area contributed by atoms with Crippen molar-refractivity contribution in [2.45, 2.75) is 13.8 Å². The van der Waals surface area contributed by atoms with E-state index in [-0.39, 0.29) is 5.97 Å². The number of carbonyl (C=O) groups is 1. The number of aromatic nitrogens is 2. The van der Waals surface area contributed by atoms with Gasteiger partial charge in [-0.15, -0.1) is 0 Å². The molecule has 0 aliphatic heterocycles. The maximum atomic E-state index is 11.9. The molecule has 0 N–H and O–H groups in total. The van der Waals surface area contributed by atoms with Gasteiger partial charge in [0.05, 0.1) is 17.9 Å². The van der Waals surface area contributed by atoms with E-state index in [1.165, 1.54) is 0 Å². The molecule has 2 heterocycles. The van der Waals surface area contributed by atoms with Gasteiger partial charge in [-0.05, 0) is 38.1 Å². The van der Waals surface area contributed by atoms with E-state index in [0.717, 1.165) is 5.69 Å². The number of hydrogen-bond donors (Lipinski definition) is 0. The van der Waals surface area contributed by atoms with E-state index < -0.39 is 0 Å². The minimum atomic E-state index is -0.370. The van der Waals surface area contributed by atoms with Crippen LogP contribution in [0.5, 0.6) is 0 Å². The summed E-state index contributed by atoms with van der Waals surface area (Å²) < 4.78 is 5.02. The zero-order valence-corrected chi connectivity index (χ0v) is 10.4. The summed E-state index contributed by atoms with van der Waals surface area (Å²) in [5, 5.41) is 0. The van der Waals surface area contributed by atoms with Crippen LogP contribution in [0.3, 0.4) is 0 Å². The summed E-state index contributed by atoms with van der Waals surface area (Å²) in [6.45, 7) is 4.00. The average Bonchev–Trinajstić information content (AvgIpc) is 2.40. The van der Waals surface area contributed by atoms with Gasteiger partial charge >= 0.3 is 5.97 Å². The van der Waals surface area contributed by atoms with Crippen molar-refractivity contribution in [1.29, 1.82) is 0 Å². The zero-order chi connectivity index (χ0) is 13.0. The fourth-order valence-electron chi connectivity index (χ4n) is 1.63. The van der Waals surface area contributed by atoms with Crippen molar-refractivity contribution in [2.24, 2.45) is 0 Å². The van der Waals surface area contributed by atoms with Crippen LogP contribution in [-0.4, -0.2) is 22.5 Å². The number of esters is 1. The number of carbonyl (C=O) groups excluding carboxylic acids is 1. The van der Waals surface area contributed by atoms with E-state index in [9.17, 15) is 4.79 Å². The fourth-order valence-corrected chi connectivity index (χ4v) is 1.63. The Morgan fingerprint density at radius 1 is 1.28 bits per heavy atom. The van der Waals surface area contributed by atoms with Crippen LogP contribution in [0.25, 0.3) is 11.4 Å². The summed E-state index contributed by atoms with van der Waals surface area (Å²) in [5.74, 6) is -0.370. The molecule has 0 spiro atoms. The predicted molar refractivity (Wildman–Crippen MR) is 68.2 cm³/mol. The lowest BCUT2D eigenvalue weighted by Crippen LogP contribution is -2.08. The van der Waals surface area contributed by atoms with Crippen molar-refractivity contribution >= 4 is 5.97 Å². The standard InChI is InChI=1S/C14H14N2O2/c1-3-18-14(17)11-8-7-10(2)16-13(11)12-6-4-5-9-15-12/h4-9H,3H2,1-2H3. The van der Waals surface area contributed by atoms with Crippen LogP contribution in [0.4, 0.5) is 0 Å². The molecule has 0 aliphatic carbocycles. The van der Waals surface area contributed by atoms with E-state index in [1.807, 2.05) is 25.1 Å². The second-order valence-corrected chi connectivity index (χ2v) is 3.78. The molecular formula is C14H14N2O2. The Morgan fingerprint density at radius 2 is 2.11 bits per heavy atom. The van der Waals surface area contributed by atoms with E-state index in [0.29, 0.717) is 23.6 Å². The van der Waals surface area contributed by atoms with Gasteiger partial charge in [-0.3, -0.25) is 9.97 Å². The van der Waals surface area contributed by atoms with Crippen molar-refractivity contribution in [2.75, 3.05) is 6.61 Å². The Kier molecular flexibility index (Phi) is 3.67. The van der Waals surface area contributed by atoms with Crippen LogP contribution in [0.1, 0.15) is 23.0 Å². The van der Waals surface area contributed by atoms with Gasteiger partial charge in [0.2, 0.25) is 0 Å². The van der Waals surface area contributed by atoms with Gasteiger partial charge in [0.15, 0.2) is 0 Å². The summed E-state index contributed by atoms with van der Waals surface area (Å²) >= 11 is 0. The number of nitrogens with zero attached hydrogens (tertiary/aromatic N) is 2. The van der Waals surface area contributed by atoms with Crippen molar-refractivity contribution in [3.63, 3.8) is 0 Å². The van der Waals surface area contributed by atoms with Crippen molar-refractivity contribution in [3.05, 3.63) is 47.8 Å². The Balaban J connectivity index is 2.51. The highest BCUT2D eigenvalue weighted by Crippen LogP contribution is 2.20. The van der Waals surface area contributed by atoms with Crippen LogP contribution in [0.2, 0.25) is 0 Å². The lowest BCUT2D eigenvalue weighted by atomic mass is 10.1. The van der Waals surface area contributed by atoms with Gasteiger partial charge in [0, 0.05) is 11.9 Å². The Labute approximate surface area is 106 Å². The summed E-state index contributed by atoms with van der Waals surface area (Å²) in [4.78, 5) is 20.5. The highest BCUT2D eigenvalue weighted by Gasteiger charge is 2.16. The molecule has 0 radical (unpaired) electrons. The van der Waals surface area contributed by atoms with Crippen LogP contribution < -0.4 is 0 Å². The smallest absolute Gasteiger partial charge is 0.340 e. The molecule has 0 aromatic carbocycles. The van der Waals surface area contributed by atoms with Gasteiger partial charge in [-0.25, -0.2) is 4.79 Å². The lowest BCUT2D eigenvalue weighted by Gasteiger charge is -2.08. The van der Waals surface area contributed by atoms with Crippen LogP contribution in [0.15, 0.2) is 36.5 Å². The summed E-state index contributed by atoms with van der Waals surface area (Å²) in [7, 11) is 0. The molecule has 0 bridgehead atoms. The largest absolute Gasteiger partial charge is 0.462 e. The molecule has 0 saturated heterocycles. The SMILES string of the molecule is CCOC(=O)c1ccc(C)nc1-c1ccccn1. The molecule has 0 fully saturated rings. The summed E-state index contributed by atoms with van der Waals surface area (Å²) in [5.41, 5.74) is 2.52. The van der Waals surface area contributed by atoms with Crippen LogP contribution in [0, 0.1) is 6.92 Å². The van der Waals surface area contributed by atoms with Crippen molar-refractivity contribution < 1.29 is 9.53 Å². The molecule has 0 amide bonds. The number of rotatable bonds is 3. The van der Waals surface area contributed by atoms with Gasteiger partial charge in [-0.1, -0.05) is 6.07 Å². The van der Waals surface area contributed by atoms with E-state index >= 15 is 0 Å². The van der Waals surface area contributed by atoms with E-state index in [4.69, 9.17) is 4.74 Å². The number of ether oxygens (including phenoxy) is 1. The second kappa shape index (κ2) is 5.40. The molecule has 2 aromatic heterocycles. The Hall–Kier alpha value is -2.23. The summed E-state index contributed by atoms with van der Waals surface area (Å²) in [6, 6.07) is 9.03. The second-order valence-electron chi connectivity index (χ2n) is 3.78. The van der Waals surface area contributed by atoms with Crippen LogP contribution in [-0.2, 0) is 4.74 Å². The number of hydrogen-bond acceptors (Lipinski definition) is 4. The van der Waals surface area contributed by atoms with Crippen molar-refractivity contribution in [1.82, 2.24) is 9.97 Å². The molecule has 2 aromatic rings. The zero-order valence-electron chi connectivity index (χ0n) is 10.4. The molecule has 4 nitrogen and oxygen atoms in total. The first-order valence-electron chi connectivity index (χ1n) is 5.78. The van der Waals surface area contributed by atoms with Gasteiger partial charge < -0.3 is 4.74 Å². The first kappa shape index (κ1) is 12.2. The summed E-state index contributed by atoms with van der Waals surface area (Å²) in [6.07, 6.45) is 1.67. The predicted octanol–water partition coefficient (Wildman–Crippen LogP) is 2.63. The molecule has 92 valence electrons. The van der Waals surface area contributed by atoms with E-state index in [1.54, 1.807) is 25.3 Å². The molecular weight excluding hydrogens is 228 g/mol. The Bertz CT molecular complexity index is 553. The topological polar surface area (TPSA) is 52.1 Å². The Morgan fingerprint density at radius 3 is 2.78 bits per heavy atom. The van der Waals surface area contributed by atoms with E-state index in [2.05, 4.69) is 9.97 Å². The maximum Gasteiger partial charge on any atom is 0.340 e. The third kappa shape index (κ3) is 2.53. The molecule has 0 atom stereocenters. The van der Waals surface area contributed by atoms with Gasteiger partial charge in [0.1, 0.15) is 5.69 Å². The minimum Gasteiger partial charge on any atom is -0.462 e. The number of aryl methyl sites for hydroxylation is 1. The fraction of sp³-hybridized carbons (Fsp3) is 0.214. The third-order valence-corrected chi connectivity index (χ3v) is 2.44. The minimum absolute atomic E-state index is 0.342. The monoisotopic (exact) mass is 242 g/mol. The molecule has 0 saturated carbocycles. The maximum absolute atomic E-state index is 11.9. The van der Waals surface area contributed by atoms with Gasteiger partial charge in [0.25, 0.3) is 0 Å². The quantitative estimate of drug-likeness (QED) is 0.776. The van der Waals surface area contributed by atoms with Gasteiger partial charge in [-0.2, -0.15) is 0 Å².